The Morgan fingerprint density at radius 3 is 2.04 bits per heavy atom. The van der Waals surface area contributed by atoms with Gasteiger partial charge in [0, 0.05) is 0 Å². The summed E-state index contributed by atoms with van der Waals surface area (Å²) in [7, 11) is 4.41. The Hall–Kier alpha value is -1.03. The van der Waals surface area contributed by atoms with Gasteiger partial charge in [0.2, 0.25) is 0 Å². The van der Waals surface area contributed by atoms with Gasteiger partial charge in [-0.05, 0) is 47.4 Å². The summed E-state index contributed by atoms with van der Waals surface area (Å²) < 4.78 is 12.5. The van der Waals surface area contributed by atoms with Crippen molar-refractivity contribution >= 4 is 0 Å². The molecule has 1 aromatic carbocycles. The van der Waals surface area contributed by atoms with E-state index in [1.807, 2.05) is 0 Å². The molecular formula is C24H42ClNO2. The van der Waals surface area contributed by atoms with Crippen LogP contribution in [0.15, 0.2) is 36.4 Å². The number of hydrogen-bond donors (Lipinski definition) is 0. The number of likely N-dealkylation sites (N-methyl/N-ethyl adjacent to an activating group) is 1. The van der Waals surface area contributed by atoms with Gasteiger partial charge >= 0.3 is 0 Å². The third kappa shape index (κ3) is 11.1. The van der Waals surface area contributed by atoms with Crippen LogP contribution in [0.4, 0.5) is 0 Å². The van der Waals surface area contributed by atoms with Gasteiger partial charge in [0.15, 0.2) is 0 Å². The second-order valence-electron chi connectivity index (χ2n) is 10.4. The highest BCUT2D eigenvalue weighted by Crippen LogP contribution is 2.36. The fourth-order valence-electron chi connectivity index (χ4n) is 3.87. The van der Waals surface area contributed by atoms with Gasteiger partial charge in [-0.3, -0.25) is 0 Å². The molecule has 0 radical (unpaired) electrons. The standard InChI is InChI=1S/C24H42NO2.ClH/c1-20(2)18-25(8,9)14-15-26-16-17-27-22-12-10-21(11-13-22)24(6,7)19-23(3,4)5;/h10-13H,1,14-19H2,2-9H3;1H/q+1;/p-1. The summed E-state index contributed by atoms with van der Waals surface area (Å²) in [6, 6.07) is 8.54. The first-order valence-corrected chi connectivity index (χ1v) is 10.1. The smallest absolute Gasteiger partial charge is 0.119 e. The average Bonchev–Trinajstić information content (AvgIpc) is 2.47. The molecule has 0 unspecified atom stereocenters. The average molecular weight is 412 g/mol. The van der Waals surface area contributed by atoms with Crippen LogP contribution in [0.2, 0.25) is 0 Å². The monoisotopic (exact) mass is 411 g/mol. The highest BCUT2D eigenvalue weighted by Gasteiger charge is 2.27. The number of quaternary nitrogens is 1. The van der Waals surface area contributed by atoms with Crippen molar-refractivity contribution in [1.29, 1.82) is 0 Å². The SMILES string of the molecule is C=C(C)C[N+](C)(C)CCOCCOc1ccc(C(C)(C)CC(C)(C)C)cc1.[Cl-]. The van der Waals surface area contributed by atoms with Gasteiger partial charge in [0.05, 0.1) is 33.9 Å². The first kappa shape index (κ1) is 27.0. The molecule has 162 valence electrons. The second-order valence-corrected chi connectivity index (χ2v) is 10.4. The zero-order valence-corrected chi connectivity index (χ0v) is 20.2. The lowest BCUT2D eigenvalue weighted by molar-refractivity contribution is -0.886. The van der Waals surface area contributed by atoms with E-state index in [0.29, 0.717) is 18.6 Å². The van der Waals surface area contributed by atoms with Crippen LogP contribution >= 0.6 is 0 Å². The second kappa shape index (κ2) is 11.2. The third-order valence-electron chi connectivity index (χ3n) is 4.64. The summed E-state index contributed by atoms with van der Waals surface area (Å²) in [4.78, 5) is 0. The highest BCUT2D eigenvalue weighted by molar-refractivity contribution is 5.31. The molecule has 0 aliphatic heterocycles. The third-order valence-corrected chi connectivity index (χ3v) is 4.64. The molecule has 0 aromatic heterocycles. The van der Waals surface area contributed by atoms with Gasteiger partial charge in [-0.1, -0.05) is 53.3 Å². The van der Waals surface area contributed by atoms with E-state index in [1.54, 1.807) is 0 Å². The van der Waals surface area contributed by atoms with E-state index in [-0.39, 0.29) is 17.8 Å². The number of ether oxygens (including phenoxy) is 2. The predicted octanol–water partition coefficient (Wildman–Crippen LogP) is 2.45. The first-order chi connectivity index (χ1) is 12.3. The Bertz CT molecular complexity index is 586. The number of benzene rings is 1. The molecule has 0 aliphatic carbocycles. The molecule has 0 spiro atoms. The van der Waals surface area contributed by atoms with E-state index < -0.39 is 0 Å². The first-order valence-electron chi connectivity index (χ1n) is 10.1. The molecule has 0 aliphatic rings. The fourth-order valence-corrected chi connectivity index (χ4v) is 3.87. The summed E-state index contributed by atoms with van der Waals surface area (Å²) in [5.74, 6) is 0.910. The van der Waals surface area contributed by atoms with Crippen LogP contribution in [0.5, 0.6) is 5.75 Å². The van der Waals surface area contributed by atoms with Gasteiger partial charge < -0.3 is 26.4 Å². The molecule has 0 amide bonds. The minimum Gasteiger partial charge on any atom is -1.00 e. The highest BCUT2D eigenvalue weighted by atomic mass is 35.5. The molecule has 0 saturated carbocycles. The van der Waals surface area contributed by atoms with Crippen LogP contribution in [0.3, 0.4) is 0 Å². The predicted molar refractivity (Wildman–Crippen MR) is 117 cm³/mol. The van der Waals surface area contributed by atoms with Gasteiger partial charge in [0.1, 0.15) is 18.9 Å². The van der Waals surface area contributed by atoms with Crippen molar-refractivity contribution in [3.8, 4) is 5.75 Å². The summed E-state index contributed by atoms with van der Waals surface area (Å²) in [6.07, 6.45) is 1.15. The molecule has 0 bridgehead atoms. The van der Waals surface area contributed by atoms with Gasteiger partial charge in [-0.25, -0.2) is 0 Å². The van der Waals surface area contributed by atoms with Crippen LogP contribution in [0, 0.1) is 5.41 Å². The number of halogens is 1. The molecule has 28 heavy (non-hydrogen) atoms. The van der Waals surface area contributed by atoms with Crippen LogP contribution < -0.4 is 17.1 Å². The van der Waals surface area contributed by atoms with E-state index in [1.165, 1.54) is 11.1 Å². The summed E-state index contributed by atoms with van der Waals surface area (Å²) >= 11 is 0. The molecule has 1 rings (SSSR count). The van der Waals surface area contributed by atoms with Crippen molar-refractivity contribution in [2.24, 2.45) is 5.41 Å². The molecule has 1 aromatic rings. The maximum atomic E-state index is 5.83. The Morgan fingerprint density at radius 1 is 0.964 bits per heavy atom. The van der Waals surface area contributed by atoms with Crippen LogP contribution in [0.25, 0.3) is 0 Å². The zero-order valence-electron chi connectivity index (χ0n) is 19.4. The molecule has 3 nitrogen and oxygen atoms in total. The van der Waals surface area contributed by atoms with Crippen molar-refractivity contribution in [2.75, 3.05) is 47.0 Å². The molecular weight excluding hydrogens is 370 g/mol. The fraction of sp³-hybridized carbons (Fsp3) is 0.667. The van der Waals surface area contributed by atoms with Crippen molar-refractivity contribution < 1.29 is 26.4 Å². The minimum atomic E-state index is 0. The summed E-state index contributed by atoms with van der Waals surface area (Å²) in [5, 5.41) is 0. The quantitative estimate of drug-likeness (QED) is 0.316. The Morgan fingerprint density at radius 2 is 1.54 bits per heavy atom. The van der Waals surface area contributed by atoms with Crippen LogP contribution in [-0.4, -0.2) is 51.5 Å². The van der Waals surface area contributed by atoms with E-state index >= 15 is 0 Å². The maximum absolute atomic E-state index is 5.83. The van der Waals surface area contributed by atoms with Gasteiger partial charge in [-0.15, -0.1) is 0 Å². The summed E-state index contributed by atoms with van der Waals surface area (Å²) in [6.45, 7) is 21.5. The van der Waals surface area contributed by atoms with Gasteiger partial charge in [-0.2, -0.15) is 0 Å². The number of hydrogen-bond acceptors (Lipinski definition) is 2. The van der Waals surface area contributed by atoms with Crippen LogP contribution in [-0.2, 0) is 10.2 Å². The van der Waals surface area contributed by atoms with E-state index in [9.17, 15) is 0 Å². The maximum Gasteiger partial charge on any atom is 0.119 e. The van der Waals surface area contributed by atoms with Crippen molar-refractivity contribution in [2.45, 2.75) is 53.4 Å². The molecule has 4 heteroatoms. The lowest BCUT2D eigenvalue weighted by Gasteiger charge is -2.33. The van der Waals surface area contributed by atoms with Crippen molar-refractivity contribution in [3.63, 3.8) is 0 Å². The molecule has 0 atom stereocenters. The Labute approximate surface area is 180 Å². The summed E-state index contributed by atoms with van der Waals surface area (Å²) in [5.41, 5.74) is 3.04. The largest absolute Gasteiger partial charge is 1.00 e. The number of nitrogens with zero attached hydrogens (tertiary/aromatic N) is 1. The lowest BCUT2D eigenvalue weighted by Crippen LogP contribution is -3.00. The van der Waals surface area contributed by atoms with Gasteiger partial charge in [0.25, 0.3) is 0 Å². The number of rotatable bonds is 11. The zero-order chi connectivity index (χ0) is 20.7. The molecule has 0 fully saturated rings. The van der Waals surface area contributed by atoms with Crippen LogP contribution in [0.1, 0.15) is 53.5 Å². The Balaban J connectivity index is 0.00000729. The normalized spacial score (nSPS) is 12.4. The molecule has 0 saturated heterocycles. The minimum absolute atomic E-state index is 0. The van der Waals surface area contributed by atoms with E-state index in [0.717, 1.165) is 36.3 Å². The van der Waals surface area contributed by atoms with Crippen molar-refractivity contribution in [1.82, 2.24) is 0 Å². The lowest BCUT2D eigenvalue weighted by atomic mass is 9.72. The van der Waals surface area contributed by atoms with E-state index in [2.05, 4.69) is 86.5 Å². The molecule has 0 heterocycles. The van der Waals surface area contributed by atoms with E-state index in [4.69, 9.17) is 9.47 Å². The molecule has 0 N–H and O–H groups in total. The Kier molecular flexibility index (Phi) is 10.8. The topological polar surface area (TPSA) is 18.5 Å². The van der Waals surface area contributed by atoms with Crippen molar-refractivity contribution in [3.05, 3.63) is 42.0 Å².